The Morgan fingerprint density at radius 1 is 1.10 bits per heavy atom. The number of fused-ring (bicyclic) bond motifs is 1. The summed E-state index contributed by atoms with van der Waals surface area (Å²) < 4.78 is 33.2. The second-order valence-corrected chi connectivity index (χ2v) is 10.8. The van der Waals surface area contributed by atoms with E-state index < -0.39 is 17.8 Å². The number of aromatic nitrogens is 1. The van der Waals surface area contributed by atoms with Crippen molar-refractivity contribution in [2.24, 2.45) is 4.99 Å². The smallest absolute Gasteiger partial charge is 0.338 e. The Morgan fingerprint density at radius 3 is 2.49 bits per heavy atom. The second-order valence-electron chi connectivity index (χ2n) is 8.95. The van der Waals surface area contributed by atoms with Crippen LogP contribution in [0.3, 0.4) is 0 Å². The van der Waals surface area contributed by atoms with E-state index in [0.29, 0.717) is 54.3 Å². The van der Waals surface area contributed by atoms with E-state index >= 15 is 0 Å². The molecule has 1 aliphatic heterocycles. The number of hydrogen-bond donors (Lipinski definition) is 0. The molecule has 0 amide bonds. The van der Waals surface area contributed by atoms with Crippen LogP contribution in [0.25, 0.3) is 11.8 Å². The van der Waals surface area contributed by atoms with Crippen LogP contribution < -0.4 is 24.4 Å². The number of carbonyl (C=O) groups is 1. The van der Waals surface area contributed by atoms with Crippen molar-refractivity contribution < 1.29 is 23.4 Å². The number of hydrogen-bond acceptors (Lipinski definition) is 7. The van der Waals surface area contributed by atoms with Gasteiger partial charge in [-0.15, -0.1) is 0 Å². The van der Waals surface area contributed by atoms with Crippen LogP contribution in [0.2, 0.25) is 0 Å². The molecule has 4 aromatic rings. The first-order chi connectivity index (χ1) is 19.9. The van der Waals surface area contributed by atoms with Gasteiger partial charge < -0.3 is 14.2 Å². The van der Waals surface area contributed by atoms with Gasteiger partial charge in [0.1, 0.15) is 5.82 Å². The summed E-state index contributed by atoms with van der Waals surface area (Å²) in [5, 5.41) is 0. The van der Waals surface area contributed by atoms with Crippen LogP contribution in [0.1, 0.15) is 36.6 Å². The number of benzene rings is 3. The third-order valence-electron chi connectivity index (χ3n) is 6.40. The molecule has 1 aromatic heterocycles. The molecule has 2 heterocycles. The zero-order valence-corrected chi connectivity index (χ0v) is 24.9. The van der Waals surface area contributed by atoms with E-state index in [2.05, 4.69) is 15.9 Å². The van der Waals surface area contributed by atoms with E-state index in [-0.39, 0.29) is 17.7 Å². The summed E-state index contributed by atoms with van der Waals surface area (Å²) in [5.74, 6) is 0.0527. The van der Waals surface area contributed by atoms with Crippen LogP contribution in [0.4, 0.5) is 4.39 Å². The SMILES string of the molecule is CCOC(=O)C1=C(c2ccccc2)N=c2s/c(=C\c3cc(Br)c(OCC)c(OC)c3)c(=O)n2[C@H]1c1ccc(F)cc1. The number of carbonyl (C=O) groups excluding carboxylic acids is 1. The largest absolute Gasteiger partial charge is 0.493 e. The average molecular weight is 638 g/mol. The Hall–Kier alpha value is -4.02. The fraction of sp³-hybridized carbons (Fsp3) is 0.194. The Labute approximate surface area is 248 Å². The highest BCUT2D eigenvalue weighted by atomic mass is 79.9. The van der Waals surface area contributed by atoms with Crippen LogP contribution in [0.15, 0.2) is 86.6 Å². The molecule has 0 aliphatic carbocycles. The van der Waals surface area contributed by atoms with Gasteiger partial charge in [-0.3, -0.25) is 9.36 Å². The Balaban J connectivity index is 1.79. The van der Waals surface area contributed by atoms with E-state index in [9.17, 15) is 14.0 Å². The van der Waals surface area contributed by atoms with Crippen molar-refractivity contribution in [3.63, 3.8) is 0 Å². The van der Waals surface area contributed by atoms with Gasteiger partial charge >= 0.3 is 5.97 Å². The summed E-state index contributed by atoms with van der Waals surface area (Å²) in [6.07, 6.45) is 1.74. The lowest BCUT2D eigenvalue weighted by atomic mass is 9.93. The average Bonchev–Trinajstić information content (AvgIpc) is 3.28. The standard InChI is InChI=1S/C31H26BrFN2O5S/c1-4-39-28-22(32)15-18(16-23(28)38-3)17-24-29(36)35-27(20-11-13-21(33)14-12-20)25(30(37)40-5-2)26(34-31(35)41-24)19-9-7-6-8-10-19/h6-17,27H,4-5H2,1-3H3/b24-17-/t27-/m0/s1. The van der Waals surface area contributed by atoms with Crippen molar-refractivity contribution >= 4 is 45.0 Å². The number of methoxy groups -OCH3 is 1. The van der Waals surface area contributed by atoms with Gasteiger partial charge in [0.2, 0.25) is 0 Å². The second kappa shape index (κ2) is 12.2. The summed E-state index contributed by atoms with van der Waals surface area (Å²) in [5.41, 5.74) is 2.21. The lowest BCUT2D eigenvalue weighted by Gasteiger charge is -2.25. The molecule has 41 heavy (non-hydrogen) atoms. The lowest BCUT2D eigenvalue weighted by Crippen LogP contribution is -2.40. The maximum Gasteiger partial charge on any atom is 0.338 e. The summed E-state index contributed by atoms with van der Waals surface area (Å²) in [4.78, 5) is 32.7. The topological polar surface area (TPSA) is 79.1 Å². The molecule has 7 nitrogen and oxygen atoms in total. The Kier molecular flexibility index (Phi) is 8.51. The number of thiazole rings is 1. The first kappa shape index (κ1) is 28.5. The molecule has 5 rings (SSSR count). The first-order valence-corrected chi connectivity index (χ1v) is 14.5. The molecule has 210 valence electrons. The maximum atomic E-state index is 14.0. The highest BCUT2D eigenvalue weighted by Crippen LogP contribution is 2.37. The molecule has 1 aliphatic rings. The number of nitrogens with zero attached hydrogens (tertiary/aromatic N) is 2. The van der Waals surface area contributed by atoms with Crippen molar-refractivity contribution in [2.75, 3.05) is 20.3 Å². The van der Waals surface area contributed by atoms with E-state index in [0.717, 1.165) is 0 Å². The van der Waals surface area contributed by atoms with E-state index in [4.69, 9.17) is 19.2 Å². The van der Waals surface area contributed by atoms with E-state index in [1.807, 2.05) is 43.3 Å². The van der Waals surface area contributed by atoms with Gasteiger partial charge in [0.05, 0.1) is 46.6 Å². The zero-order chi connectivity index (χ0) is 29.1. The Morgan fingerprint density at radius 2 is 1.83 bits per heavy atom. The summed E-state index contributed by atoms with van der Waals surface area (Å²) in [6.45, 7) is 4.20. The normalized spacial score (nSPS) is 14.9. The van der Waals surface area contributed by atoms with Gasteiger partial charge in [0.15, 0.2) is 16.3 Å². The maximum absolute atomic E-state index is 14.0. The monoisotopic (exact) mass is 636 g/mol. The first-order valence-electron chi connectivity index (χ1n) is 12.9. The fourth-order valence-corrected chi connectivity index (χ4v) is 6.23. The van der Waals surface area contributed by atoms with Crippen LogP contribution in [0.5, 0.6) is 11.5 Å². The molecule has 0 fully saturated rings. The molecule has 0 radical (unpaired) electrons. The molecule has 0 saturated carbocycles. The quantitative estimate of drug-likeness (QED) is 0.247. The number of esters is 1. The number of rotatable bonds is 8. The highest BCUT2D eigenvalue weighted by molar-refractivity contribution is 9.10. The predicted octanol–water partition coefficient (Wildman–Crippen LogP) is 5.24. The zero-order valence-electron chi connectivity index (χ0n) is 22.5. The van der Waals surface area contributed by atoms with Gasteiger partial charge in [-0.1, -0.05) is 53.8 Å². The molecule has 0 spiro atoms. The Bertz CT molecular complexity index is 1810. The molecule has 0 saturated heterocycles. The molecule has 1 atom stereocenters. The molecule has 0 N–H and O–H groups in total. The van der Waals surface area contributed by atoms with Gasteiger partial charge in [-0.05, 0) is 71.2 Å². The molecular weight excluding hydrogens is 611 g/mol. The fourth-order valence-electron chi connectivity index (χ4n) is 4.66. The summed E-state index contributed by atoms with van der Waals surface area (Å²) in [7, 11) is 1.55. The summed E-state index contributed by atoms with van der Waals surface area (Å²) >= 11 is 4.73. The molecule has 0 bridgehead atoms. The third-order valence-corrected chi connectivity index (χ3v) is 7.97. The van der Waals surface area contributed by atoms with E-state index in [1.165, 1.54) is 28.0 Å². The van der Waals surface area contributed by atoms with Crippen LogP contribution in [-0.2, 0) is 9.53 Å². The van der Waals surface area contributed by atoms with Gasteiger partial charge in [0, 0.05) is 5.56 Å². The lowest BCUT2D eigenvalue weighted by molar-refractivity contribution is -0.138. The van der Waals surface area contributed by atoms with E-state index in [1.54, 1.807) is 38.3 Å². The van der Waals surface area contributed by atoms with Gasteiger partial charge in [-0.25, -0.2) is 14.2 Å². The highest BCUT2D eigenvalue weighted by Gasteiger charge is 2.35. The third kappa shape index (κ3) is 5.62. The molecule has 10 heteroatoms. The van der Waals surface area contributed by atoms with Crippen molar-refractivity contribution in [3.05, 3.63) is 119 Å². The van der Waals surface area contributed by atoms with Crippen molar-refractivity contribution in [2.45, 2.75) is 19.9 Å². The van der Waals surface area contributed by atoms with Crippen molar-refractivity contribution in [1.29, 1.82) is 0 Å². The summed E-state index contributed by atoms with van der Waals surface area (Å²) in [6, 6.07) is 17.7. The van der Waals surface area contributed by atoms with Gasteiger partial charge in [0.25, 0.3) is 5.56 Å². The number of halogens is 2. The van der Waals surface area contributed by atoms with Crippen LogP contribution in [0, 0.1) is 5.82 Å². The molecule has 3 aromatic carbocycles. The van der Waals surface area contributed by atoms with Gasteiger partial charge in [-0.2, -0.15) is 0 Å². The van der Waals surface area contributed by atoms with Crippen LogP contribution >= 0.6 is 27.3 Å². The predicted molar refractivity (Wildman–Crippen MR) is 159 cm³/mol. The minimum atomic E-state index is -0.884. The van der Waals surface area contributed by atoms with Crippen molar-refractivity contribution in [3.8, 4) is 11.5 Å². The molecular formula is C31H26BrFN2O5S. The minimum Gasteiger partial charge on any atom is -0.493 e. The van der Waals surface area contributed by atoms with Crippen LogP contribution in [-0.4, -0.2) is 30.9 Å². The van der Waals surface area contributed by atoms with Crippen molar-refractivity contribution in [1.82, 2.24) is 4.57 Å². The number of ether oxygens (including phenoxy) is 3. The minimum absolute atomic E-state index is 0.138. The molecule has 0 unspecified atom stereocenters.